The van der Waals surface area contributed by atoms with E-state index in [0.717, 1.165) is 55.3 Å². The van der Waals surface area contributed by atoms with Gasteiger partial charge in [0, 0.05) is 29.8 Å². The molecule has 1 saturated carbocycles. The number of fused-ring (bicyclic) bond motifs is 1. The molecule has 0 amide bonds. The minimum Gasteiger partial charge on any atom is -0.472 e. The topological polar surface area (TPSA) is 82.1 Å². The number of halogens is 4. The number of ether oxygens (including phenoxy) is 1. The van der Waals surface area contributed by atoms with E-state index in [4.69, 9.17) is 15.6 Å². The van der Waals surface area contributed by atoms with Crippen LogP contribution in [0.25, 0.3) is 10.9 Å². The zero-order valence-electron chi connectivity index (χ0n) is 20.1. The largest absolute Gasteiger partial charge is 0.472 e. The second kappa shape index (κ2) is 9.84. The summed E-state index contributed by atoms with van der Waals surface area (Å²) in [6.45, 7) is 5.31. The van der Waals surface area contributed by atoms with Crippen LogP contribution >= 0.6 is 0 Å². The minimum absolute atomic E-state index is 0.0814. The third-order valence-electron chi connectivity index (χ3n) is 7.49. The quantitative estimate of drug-likeness (QED) is 0.471. The van der Waals surface area contributed by atoms with E-state index in [1.165, 1.54) is 0 Å². The van der Waals surface area contributed by atoms with E-state index in [0.29, 0.717) is 43.5 Å². The van der Waals surface area contributed by atoms with Gasteiger partial charge in [-0.25, -0.2) is 14.4 Å². The zero-order chi connectivity index (χ0) is 25.4. The zero-order valence-corrected chi connectivity index (χ0v) is 20.1. The molecule has 7 nitrogen and oxygen atoms in total. The van der Waals surface area contributed by atoms with Crippen LogP contribution in [0.1, 0.15) is 68.7 Å². The summed E-state index contributed by atoms with van der Waals surface area (Å²) in [4.78, 5) is 10.5. The maximum Gasteiger partial charge on any atom is 0.419 e. The Morgan fingerprint density at radius 3 is 2.47 bits per heavy atom. The van der Waals surface area contributed by atoms with Crippen molar-refractivity contribution in [1.29, 1.82) is 0 Å². The molecular formula is C25H30F4N6O. The number of pyridine rings is 2. The molecule has 0 radical (unpaired) electrons. The molecule has 3 aromatic heterocycles. The second-order valence-corrected chi connectivity index (χ2v) is 9.69. The van der Waals surface area contributed by atoms with E-state index < -0.39 is 29.5 Å². The first kappa shape index (κ1) is 24.7. The van der Waals surface area contributed by atoms with E-state index in [2.05, 4.69) is 21.8 Å². The van der Waals surface area contributed by atoms with Gasteiger partial charge in [0.25, 0.3) is 5.88 Å². The van der Waals surface area contributed by atoms with Gasteiger partial charge in [-0.05, 0) is 64.2 Å². The van der Waals surface area contributed by atoms with Crippen LogP contribution in [0.15, 0.2) is 24.5 Å². The second-order valence-electron chi connectivity index (χ2n) is 9.69. The van der Waals surface area contributed by atoms with Crippen LogP contribution in [-0.4, -0.2) is 50.4 Å². The highest BCUT2D eigenvalue weighted by atomic mass is 19.4. The van der Waals surface area contributed by atoms with Crippen molar-refractivity contribution < 1.29 is 22.3 Å². The van der Waals surface area contributed by atoms with E-state index in [1.54, 1.807) is 0 Å². The predicted octanol–water partition coefficient (Wildman–Crippen LogP) is 5.33. The van der Waals surface area contributed by atoms with Gasteiger partial charge in [0.05, 0.1) is 22.8 Å². The van der Waals surface area contributed by atoms with Crippen molar-refractivity contribution in [2.45, 2.75) is 69.7 Å². The number of rotatable bonds is 5. The lowest BCUT2D eigenvalue weighted by molar-refractivity contribution is -0.140. The number of hydrogen-bond acceptors (Lipinski definition) is 6. The van der Waals surface area contributed by atoms with Gasteiger partial charge in [0.2, 0.25) is 0 Å². The average Bonchev–Trinajstić information content (AvgIpc) is 3.23. The van der Waals surface area contributed by atoms with Crippen molar-refractivity contribution in [2.24, 2.45) is 0 Å². The molecule has 11 heteroatoms. The Kier molecular flexibility index (Phi) is 6.76. The number of anilines is 1. The van der Waals surface area contributed by atoms with Gasteiger partial charge < -0.3 is 15.4 Å². The van der Waals surface area contributed by atoms with Gasteiger partial charge in [0.1, 0.15) is 11.9 Å². The first-order chi connectivity index (χ1) is 17.2. The summed E-state index contributed by atoms with van der Waals surface area (Å²) in [5.41, 5.74) is 6.65. The lowest BCUT2D eigenvalue weighted by Crippen LogP contribution is -2.32. The molecule has 2 aliphatic rings. The summed E-state index contributed by atoms with van der Waals surface area (Å²) in [5, 5.41) is 6.08. The van der Waals surface area contributed by atoms with Gasteiger partial charge in [-0.15, -0.1) is 0 Å². The Hall–Kier alpha value is -2.95. The van der Waals surface area contributed by atoms with Gasteiger partial charge in [-0.3, -0.25) is 4.68 Å². The van der Waals surface area contributed by atoms with Crippen molar-refractivity contribution in [3.63, 3.8) is 0 Å². The number of hydrogen-bond donors (Lipinski definition) is 1. The molecule has 4 heterocycles. The molecule has 0 spiro atoms. The Morgan fingerprint density at radius 1 is 1.08 bits per heavy atom. The van der Waals surface area contributed by atoms with Crippen LogP contribution in [0, 0.1) is 5.82 Å². The number of piperidine rings is 1. The highest BCUT2D eigenvalue weighted by Gasteiger charge is 2.37. The fourth-order valence-electron chi connectivity index (χ4n) is 5.46. The van der Waals surface area contributed by atoms with Crippen LogP contribution in [-0.2, 0) is 6.18 Å². The van der Waals surface area contributed by atoms with Crippen LogP contribution < -0.4 is 10.5 Å². The molecule has 5 rings (SSSR count). The number of alkyl halides is 3. The van der Waals surface area contributed by atoms with Gasteiger partial charge in [-0.1, -0.05) is 6.92 Å². The third kappa shape index (κ3) is 4.85. The molecular weight excluding hydrogens is 476 g/mol. The Morgan fingerprint density at radius 2 is 1.81 bits per heavy atom. The van der Waals surface area contributed by atoms with Gasteiger partial charge in [0.15, 0.2) is 5.82 Å². The first-order valence-corrected chi connectivity index (χ1v) is 12.5. The Bertz CT molecular complexity index is 1210. The maximum absolute atomic E-state index is 14.4. The monoisotopic (exact) mass is 506 g/mol. The molecule has 0 bridgehead atoms. The molecule has 3 aromatic rings. The maximum atomic E-state index is 14.4. The van der Waals surface area contributed by atoms with Crippen LogP contribution in [0.2, 0.25) is 0 Å². The van der Waals surface area contributed by atoms with E-state index in [1.807, 2.05) is 16.9 Å². The number of nitrogen functional groups attached to an aromatic ring is 1. The standard InChI is InChI=1S/C25H30F4N6O/c1-2-34-11-8-15(9-12-34)23-18-14-32-21(30)13-20(18)35(33-23)16-3-5-17(6-4-16)36-24-22(26)19(7-10-31-24)25(27,28)29/h7,10,13-17H,2-6,8-9,11-12H2,1H3,(H2,30,32). The summed E-state index contributed by atoms with van der Waals surface area (Å²) < 4.78 is 61.1. The molecule has 1 saturated heterocycles. The molecule has 2 N–H and O–H groups in total. The molecule has 36 heavy (non-hydrogen) atoms. The fraction of sp³-hybridized carbons (Fsp3) is 0.560. The van der Waals surface area contributed by atoms with Crippen LogP contribution in [0.4, 0.5) is 23.4 Å². The molecule has 1 aliphatic heterocycles. The molecule has 0 unspecified atom stereocenters. The van der Waals surface area contributed by atoms with E-state index in [9.17, 15) is 17.6 Å². The highest BCUT2D eigenvalue weighted by Crippen LogP contribution is 2.39. The number of likely N-dealkylation sites (tertiary alicyclic amines) is 1. The first-order valence-electron chi connectivity index (χ1n) is 12.5. The number of aromatic nitrogens is 4. The highest BCUT2D eigenvalue weighted by molar-refractivity contribution is 5.83. The van der Waals surface area contributed by atoms with Crippen molar-refractivity contribution in [3.8, 4) is 5.88 Å². The minimum atomic E-state index is -4.80. The fourth-order valence-corrected chi connectivity index (χ4v) is 5.46. The van der Waals surface area contributed by atoms with Crippen molar-refractivity contribution in [3.05, 3.63) is 41.6 Å². The molecule has 194 valence electrons. The van der Waals surface area contributed by atoms with E-state index in [-0.39, 0.29) is 6.04 Å². The summed E-state index contributed by atoms with van der Waals surface area (Å²) in [6.07, 6.45) is 2.09. The van der Waals surface area contributed by atoms with Crippen molar-refractivity contribution in [1.82, 2.24) is 24.6 Å². The van der Waals surface area contributed by atoms with Gasteiger partial charge in [-0.2, -0.15) is 18.3 Å². The molecule has 1 aliphatic carbocycles. The SMILES string of the molecule is CCN1CCC(c2nn(C3CCC(Oc4nccc(C(F)(F)F)c4F)CC3)c3cc(N)ncc23)CC1. The lowest BCUT2D eigenvalue weighted by atomic mass is 9.92. The summed E-state index contributed by atoms with van der Waals surface area (Å²) in [6, 6.07) is 2.56. The van der Waals surface area contributed by atoms with Crippen LogP contribution in [0.3, 0.4) is 0 Å². The third-order valence-corrected chi connectivity index (χ3v) is 7.49. The lowest BCUT2D eigenvalue weighted by Gasteiger charge is -2.30. The van der Waals surface area contributed by atoms with Gasteiger partial charge >= 0.3 is 6.18 Å². The average molecular weight is 507 g/mol. The number of nitrogens with two attached hydrogens (primary N) is 1. The normalized spacial score (nSPS) is 22.2. The molecule has 2 fully saturated rings. The Labute approximate surface area is 206 Å². The summed E-state index contributed by atoms with van der Waals surface area (Å²) >= 11 is 0. The van der Waals surface area contributed by atoms with Crippen LogP contribution in [0.5, 0.6) is 5.88 Å². The molecule has 0 atom stereocenters. The predicted molar refractivity (Wildman–Crippen MR) is 127 cm³/mol. The summed E-state index contributed by atoms with van der Waals surface area (Å²) in [5.74, 6) is -1.28. The molecule has 0 aromatic carbocycles. The number of nitrogens with zero attached hydrogens (tertiary/aromatic N) is 5. The van der Waals surface area contributed by atoms with Crippen molar-refractivity contribution in [2.75, 3.05) is 25.4 Å². The summed E-state index contributed by atoms with van der Waals surface area (Å²) in [7, 11) is 0. The smallest absolute Gasteiger partial charge is 0.419 e. The van der Waals surface area contributed by atoms with Crippen molar-refractivity contribution >= 4 is 16.7 Å². The Balaban J connectivity index is 1.32. The van der Waals surface area contributed by atoms with E-state index >= 15 is 0 Å².